The molecule has 2 rings (SSSR count). The van der Waals surface area contributed by atoms with Gasteiger partial charge in [0.25, 0.3) is 5.41 Å². The highest BCUT2D eigenvalue weighted by Gasteiger charge is 2.81. The molecule has 0 bridgehead atoms. The lowest BCUT2D eigenvalue weighted by atomic mass is 9.06. The normalized spacial score (nSPS) is 16.7. The van der Waals surface area contributed by atoms with E-state index in [0.717, 1.165) is 14.6 Å². The van der Waals surface area contributed by atoms with Gasteiger partial charge in [0.1, 0.15) is 34.1 Å². The van der Waals surface area contributed by atoms with Gasteiger partial charge in [0.05, 0.1) is 0 Å². The highest BCUT2D eigenvalue weighted by molar-refractivity contribution is 7.36. The van der Waals surface area contributed by atoms with Crippen LogP contribution in [0, 0.1) is 10.8 Å². The summed E-state index contributed by atoms with van der Waals surface area (Å²) in [4.78, 5) is 94.1. The lowest BCUT2D eigenvalue weighted by Gasteiger charge is -2.50. The molecule has 14 heteroatoms. The van der Waals surface area contributed by atoms with E-state index in [0.29, 0.717) is 0 Å². The Morgan fingerprint density at radius 1 is 0.639 bits per heavy atom. The minimum absolute atomic E-state index is 0.140. The first-order chi connectivity index (χ1) is 16.3. The predicted octanol–water partition coefficient (Wildman–Crippen LogP) is 0.503. The molecular formula is C22H30B4O10. The van der Waals surface area contributed by atoms with Crippen molar-refractivity contribution in [2.75, 3.05) is 0 Å². The smallest absolute Gasteiger partial charge is 0.334 e. The van der Waals surface area contributed by atoms with Crippen molar-refractivity contribution >= 4 is 74.0 Å². The first-order valence-electron chi connectivity index (χ1n) is 11.8. The molecule has 0 aromatic carbocycles. The molecule has 2 N–H and O–H groups in total. The van der Waals surface area contributed by atoms with Crippen molar-refractivity contribution in [1.82, 2.24) is 0 Å². The molecule has 0 aromatic rings. The Morgan fingerprint density at radius 2 is 0.889 bits per heavy atom. The third-order valence-electron chi connectivity index (χ3n) is 6.29. The van der Waals surface area contributed by atoms with Crippen LogP contribution < -0.4 is 0 Å². The molecule has 2 saturated heterocycles. The quantitative estimate of drug-likeness (QED) is 0.319. The third-order valence-corrected chi connectivity index (χ3v) is 6.29. The van der Waals surface area contributed by atoms with Gasteiger partial charge in [0.2, 0.25) is 14.6 Å². The van der Waals surface area contributed by atoms with Crippen molar-refractivity contribution < 1.29 is 48.6 Å². The molecule has 10 nitrogen and oxygen atoms in total. The van der Waals surface area contributed by atoms with Crippen LogP contribution in [0.3, 0.4) is 0 Å². The van der Waals surface area contributed by atoms with Gasteiger partial charge in [0, 0.05) is 0 Å². The number of carboxylic acids is 2. The van der Waals surface area contributed by atoms with Gasteiger partial charge in [-0.05, 0) is 0 Å². The molecule has 0 aromatic heterocycles. The molecule has 2 aliphatic heterocycles. The number of carboxylic acid groups (broad SMARTS) is 2. The molecule has 2 aliphatic rings. The Bertz CT molecular complexity index is 899. The zero-order chi connectivity index (χ0) is 28.5. The highest BCUT2D eigenvalue weighted by Crippen LogP contribution is 2.48. The summed E-state index contributed by atoms with van der Waals surface area (Å²) in [7, 11) is 1.88. The maximum atomic E-state index is 11.9. The second-order valence-electron chi connectivity index (χ2n) is 10.6. The van der Waals surface area contributed by atoms with E-state index in [1.807, 2.05) is 0 Å². The van der Waals surface area contributed by atoms with Crippen molar-refractivity contribution in [2.45, 2.75) is 78.7 Å². The lowest BCUT2D eigenvalue weighted by Crippen LogP contribution is -2.84. The van der Waals surface area contributed by atoms with E-state index in [4.69, 9.17) is 10.2 Å². The fourth-order valence-corrected chi connectivity index (χ4v) is 4.45. The minimum atomic E-state index is -3.07. The summed E-state index contributed by atoms with van der Waals surface area (Å²) in [6.45, 7) is 11.8. The van der Waals surface area contributed by atoms with Gasteiger partial charge in [0.15, 0.2) is 5.41 Å². The van der Waals surface area contributed by atoms with Crippen molar-refractivity contribution in [3.63, 3.8) is 0 Å². The van der Waals surface area contributed by atoms with Crippen LogP contribution in [0.1, 0.15) is 55.4 Å². The molecule has 1 spiro atoms. The van der Waals surface area contributed by atoms with E-state index >= 15 is 0 Å². The van der Waals surface area contributed by atoms with E-state index in [1.54, 1.807) is 55.4 Å². The van der Waals surface area contributed by atoms with Gasteiger partial charge in [-0.25, -0.2) is 0 Å². The van der Waals surface area contributed by atoms with Crippen LogP contribution >= 0.6 is 0 Å². The van der Waals surface area contributed by atoms with Crippen LogP contribution in [0.5, 0.6) is 0 Å². The summed E-state index contributed by atoms with van der Waals surface area (Å²) >= 11 is 0. The summed E-state index contributed by atoms with van der Waals surface area (Å²) in [5, 5.41) is 18.2. The van der Waals surface area contributed by atoms with Crippen molar-refractivity contribution in [3.05, 3.63) is 0 Å². The number of rotatable bonds is 10. The van der Waals surface area contributed by atoms with Gasteiger partial charge < -0.3 is 39.0 Å². The standard InChI is InChI=1S/C11H16B2O6.C11H14B2O4/c1-5(2)12-7(14)11(9(16)17,10(18)19)8(15)13-6(3)4;1-5(2)12-7(14)11(8(12)15)9(16)13(6(3)4)10(11)17/h5-6H,1-4H3,(H,16,17)(H,18,19);5-6H,1-4H3. The minimum Gasteiger partial charge on any atom is -0.480 e. The van der Waals surface area contributed by atoms with Crippen LogP contribution in [0.2, 0.25) is 23.3 Å². The Kier molecular flexibility index (Phi) is 9.62. The van der Waals surface area contributed by atoms with Crippen molar-refractivity contribution in [2.24, 2.45) is 10.8 Å². The number of hydrogen-bond acceptors (Lipinski definition) is 8. The molecule has 0 aliphatic carbocycles. The van der Waals surface area contributed by atoms with Gasteiger partial charge in [-0.3, -0.25) is 9.59 Å². The number of carbonyl (C=O) groups is 8. The SMILES string of the molecule is CC(C)B1C(=O)C2(C1=O)C(=O)B(C(C)C)C2=O.CC(C)[B]C(=O)C(C(=O)O)(C(=O)O)C(=O)[B]C(C)C. The molecule has 0 saturated carbocycles. The predicted molar refractivity (Wildman–Crippen MR) is 134 cm³/mol. The fraction of sp³-hybridized carbons (Fsp3) is 0.636. The summed E-state index contributed by atoms with van der Waals surface area (Å²) < 4.78 is 0. The molecule has 0 amide bonds. The summed E-state index contributed by atoms with van der Waals surface area (Å²) in [5.74, 6) is -4.94. The van der Waals surface area contributed by atoms with E-state index in [-0.39, 0.29) is 23.3 Å². The van der Waals surface area contributed by atoms with Crippen LogP contribution in [0.25, 0.3) is 0 Å². The van der Waals surface area contributed by atoms with Gasteiger partial charge in [-0.2, -0.15) is 0 Å². The Morgan fingerprint density at radius 3 is 1.06 bits per heavy atom. The van der Waals surface area contributed by atoms with Crippen molar-refractivity contribution in [3.8, 4) is 0 Å². The monoisotopic (exact) mass is 498 g/mol. The molecule has 2 heterocycles. The topological polar surface area (TPSA) is 177 Å². The van der Waals surface area contributed by atoms with Crippen LogP contribution in [0.4, 0.5) is 0 Å². The molecule has 0 atom stereocenters. The second-order valence-corrected chi connectivity index (χ2v) is 10.6. The average Bonchev–Trinajstić information content (AvgIpc) is 2.66. The summed E-state index contributed by atoms with van der Waals surface area (Å²) in [6.07, 6.45) is 0. The number of carbonyl (C=O) groups excluding carboxylic acids is 6. The van der Waals surface area contributed by atoms with E-state index in [1.165, 1.54) is 0 Å². The molecule has 36 heavy (non-hydrogen) atoms. The van der Waals surface area contributed by atoms with Crippen LogP contribution in [-0.2, 0) is 38.4 Å². The zero-order valence-corrected chi connectivity index (χ0v) is 21.8. The largest absolute Gasteiger partial charge is 0.480 e. The first kappa shape index (κ1) is 31.2. The molecule has 2 fully saturated rings. The van der Waals surface area contributed by atoms with Crippen LogP contribution in [0.15, 0.2) is 0 Å². The van der Waals surface area contributed by atoms with E-state index < -0.39 is 70.3 Å². The number of hydrogen-bond donors (Lipinski definition) is 2. The Hall–Kier alpha value is -2.78. The molecule has 190 valence electrons. The van der Waals surface area contributed by atoms with Gasteiger partial charge >= 0.3 is 25.4 Å². The third kappa shape index (κ3) is 4.78. The number of aliphatic carboxylic acids is 2. The fourth-order valence-electron chi connectivity index (χ4n) is 4.45. The zero-order valence-electron chi connectivity index (χ0n) is 21.8. The Balaban J connectivity index is 0.000000361. The summed E-state index contributed by atoms with van der Waals surface area (Å²) in [6, 6.07) is 0. The second kappa shape index (κ2) is 11.1. The van der Waals surface area contributed by atoms with Crippen LogP contribution in [-0.4, -0.2) is 84.2 Å². The van der Waals surface area contributed by atoms with E-state index in [2.05, 4.69) is 0 Å². The van der Waals surface area contributed by atoms with E-state index in [9.17, 15) is 38.4 Å². The lowest BCUT2D eigenvalue weighted by molar-refractivity contribution is -0.168. The molecule has 2 radical (unpaired) electrons. The van der Waals surface area contributed by atoms with Crippen molar-refractivity contribution in [1.29, 1.82) is 0 Å². The molecular weight excluding hydrogens is 467 g/mol. The Labute approximate surface area is 212 Å². The first-order valence-corrected chi connectivity index (χ1v) is 11.8. The maximum absolute atomic E-state index is 11.9. The maximum Gasteiger partial charge on any atom is 0.334 e. The highest BCUT2D eigenvalue weighted by atomic mass is 16.4. The summed E-state index contributed by atoms with van der Waals surface area (Å²) in [5.41, 5.74) is -9.25. The molecule has 0 unspecified atom stereocenters. The van der Waals surface area contributed by atoms with Gasteiger partial charge in [-0.15, -0.1) is 0 Å². The average molecular weight is 498 g/mol. The van der Waals surface area contributed by atoms with Gasteiger partial charge in [-0.1, -0.05) is 78.7 Å².